The van der Waals surface area contributed by atoms with Gasteiger partial charge in [0.1, 0.15) is 10.8 Å². The molecule has 0 aliphatic carbocycles. The second-order valence-electron chi connectivity index (χ2n) is 5.43. The third kappa shape index (κ3) is 3.54. The molecule has 3 heterocycles. The Kier molecular flexibility index (Phi) is 4.93. The first kappa shape index (κ1) is 16.0. The summed E-state index contributed by atoms with van der Waals surface area (Å²) in [5, 5.41) is 0.137. The SMILES string of the molecule is CCOC1CCN(c2nc(-c3ccncc3)[nH]c(=O)c2Cl)CC1. The van der Waals surface area contributed by atoms with Gasteiger partial charge >= 0.3 is 0 Å². The quantitative estimate of drug-likeness (QED) is 0.930. The number of hydrogen-bond acceptors (Lipinski definition) is 5. The van der Waals surface area contributed by atoms with Crippen LogP contribution in [0.15, 0.2) is 29.3 Å². The van der Waals surface area contributed by atoms with Gasteiger partial charge < -0.3 is 14.6 Å². The van der Waals surface area contributed by atoms with Crippen LogP contribution in [0.5, 0.6) is 0 Å². The number of piperidine rings is 1. The Labute approximate surface area is 139 Å². The number of ether oxygens (including phenoxy) is 1. The van der Waals surface area contributed by atoms with Gasteiger partial charge in [-0.3, -0.25) is 9.78 Å². The number of aromatic amines is 1. The standard InChI is InChI=1S/C16H19ClN4O2/c1-2-23-12-5-9-21(10-6-12)15-13(17)16(22)20-14(19-15)11-3-7-18-8-4-11/h3-4,7-8,12H,2,5-6,9-10H2,1H3,(H,19,20,22). The van der Waals surface area contributed by atoms with Crippen LogP contribution in [0, 0.1) is 0 Å². The van der Waals surface area contributed by atoms with Gasteiger partial charge in [0.05, 0.1) is 6.10 Å². The van der Waals surface area contributed by atoms with E-state index >= 15 is 0 Å². The lowest BCUT2D eigenvalue weighted by Crippen LogP contribution is -2.38. The molecule has 0 amide bonds. The summed E-state index contributed by atoms with van der Waals surface area (Å²) in [5.74, 6) is 1.04. The zero-order valence-electron chi connectivity index (χ0n) is 13.0. The van der Waals surface area contributed by atoms with E-state index < -0.39 is 0 Å². The molecule has 7 heteroatoms. The Morgan fingerprint density at radius 1 is 1.35 bits per heavy atom. The maximum absolute atomic E-state index is 12.1. The van der Waals surface area contributed by atoms with Gasteiger partial charge in [-0.1, -0.05) is 11.6 Å². The van der Waals surface area contributed by atoms with E-state index in [1.54, 1.807) is 24.5 Å². The Hall–Kier alpha value is -1.92. The topological polar surface area (TPSA) is 71.1 Å². The van der Waals surface area contributed by atoms with Crippen molar-refractivity contribution in [2.75, 3.05) is 24.6 Å². The normalized spacial score (nSPS) is 15.8. The summed E-state index contributed by atoms with van der Waals surface area (Å²) in [4.78, 5) is 25.5. The zero-order chi connectivity index (χ0) is 16.2. The van der Waals surface area contributed by atoms with Crippen LogP contribution in [0.3, 0.4) is 0 Å². The molecule has 3 rings (SSSR count). The fourth-order valence-electron chi connectivity index (χ4n) is 2.77. The van der Waals surface area contributed by atoms with E-state index in [0.29, 0.717) is 11.6 Å². The van der Waals surface area contributed by atoms with Crippen LogP contribution in [0.4, 0.5) is 5.82 Å². The van der Waals surface area contributed by atoms with Gasteiger partial charge in [0.25, 0.3) is 5.56 Å². The molecule has 0 bridgehead atoms. The summed E-state index contributed by atoms with van der Waals surface area (Å²) in [7, 11) is 0. The van der Waals surface area contributed by atoms with E-state index in [0.717, 1.165) is 38.1 Å². The molecule has 1 fully saturated rings. The van der Waals surface area contributed by atoms with Gasteiger partial charge in [0, 0.05) is 37.7 Å². The highest BCUT2D eigenvalue weighted by Crippen LogP contribution is 2.26. The second-order valence-corrected chi connectivity index (χ2v) is 5.81. The Morgan fingerprint density at radius 2 is 2.04 bits per heavy atom. The van der Waals surface area contributed by atoms with E-state index in [-0.39, 0.29) is 16.7 Å². The zero-order valence-corrected chi connectivity index (χ0v) is 13.7. The van der Waals surface area contributed by atoms with Crippen molar-refractivity contribution in [2.24, 2.45) is 0 Å². The monoisotopic (exact) mass is 334 g/mol. The predicted molar refractivity (Wildman–Crippen MR) is 90.0 cm³/mol. The minimum absolute atomic E-state index is 0.137. The van der Waals surface area contributed by atoms with Crippen molar-refractivity contribution < 1.29 is 4.74 Å². The van der Waals surface area contributed by atoms with Crippen molar-refractivity contribution in [1.82, 2.24) is 15.0 Å². The molecule has 6 nitrogen and oxygen atoms in total. The van der Waals surface area contributed by atoms with E-state index in [1.165, 1.54) is 0 Å². The van der Waals surface area contributed by atoms with Crippen LogP contribution in [-0.4, -0.2) is 40.8 Å². The molecule has 23 heavy (non-hydrogen) atoms. The number of H-pyrrole nitrogens is 1. The summed E-state index contributed by atoms with van der Waals surface area (Å²) < 4.78 is 5.66. The van der Waals surface area contributed by atoms with Crippen LogP contribution >= 0.6 is 11.6 Å². The third-order valence-electron chi connectivity index (χ3n) is 3.94. The highest BCUT2D eigenvalue weighted by molar-refractivity contribution is 6.32. The fourth-order valence-corrected chi connectivity index (χ4v) is 2.98. The third-order valence-corrected chi connectivity index (χ3v) is 4.28. The molecule has 2 aromatic heterocycles. The summed E-state index contributed by atoms with van der Waals surface area (Å²) >= 11 is 6.19. The van der Waals surface area contributed by atoms with Gasteiger partial charge in [0.2, 0.25) is 0 Å². The molecule has 0 unspecified atom stereocenters. The average molecular weight is 335 g/mol. The first-order valence-electron chi connectivity index (χ1n) is 7.75. The van der Waals surface area contributed by atoms with Crippen LogP contribution in [-0.2, 0) is 4.74 Å². The Balaban J connectivity index is 1.88. The van der Waals surface area contributed by atoms with Crippen LogP contribution in [0.25, 0.3) is 11.4 Å². The minimum Gasteiger partial charge on any atom is -0.378 e. The number of pyridine rings is 1. The van der Waals surface area contributed by atoms with Crippen molar-refractivity contribution in [3.05, 3.63) is 39.9 Å². The average Bonchev–Trinajstić information content (AvgIpc) is 2.59. The smallest absolute Gasteiger partial charge is 0.272 e. The first-order chi connectivity index (χ1) is 11.2. The molecule has 1 aliphatic rings. The van der Waals surface area contributed by atoms with Gasteiger partial charge in [-0.15, -0.1) is 0 Å². The molecule has 1 N–H and O–H groups in total. The molecule has 0 atom stereocenters. The highest BCUT2D eigenvalue weighted by atomic mass is 35.5. The lowest BCUT2D eigenvalue weighted by Gasteiger charge is -2.32. The molecule has 0 radical (unpaired) electrons. The minimum atomic E-state index is -0.324. The molecule has 0 aromatic carbocycles. The summed E-state index contributed by atoms with van der Waals surface area (Å²) in [6.45, 7) is 4.27. The number of hydrogen-bond donors (Lipinski definition) is 1. The van der Waals surface area contributed by atoms with Crippen LogP contribution < -0.4 is 10.5 Å². The molecule has 0 saturated carbocycles. The Morgan fingerprint density at radius 3 is 2.70 bits per heavy atom. The van der Waals surface area contributed by atoms with Crippen molar-refractivity contribution in [3.63, 3.8) is 0 Å². The van der Waals surface area contributed by atoms with E-state index in [2.05, 4.69) is 19.9 Å². The van der Waals surface area contributed by atoms with E-state index in [9.17, 15) is 4.79 Å². The molecule has 1 aliphatic heterocycles. The molecular formula is C16H19ClN4O2. The highest BCUT2D eigenvalue weighted by Gasteiger charge is 2.23. The van der Waals surface area contributed by atoms with Crippen LogP contribution in [0.1, 0.15) is 19.8 Å². The number of halogens is 1. The predicted octanol–water partition coefficient (Wildman–Crippen LogP) is 2.49. The van der Waals surface area contributed by atoms with Crippen molar-refractivity contribution >= 4 is 17.4 Å². The van der Waals surface area contributed by atoms with Crippen molar-refractivity contribution in [1.29, 1.82) is 0 Å². The van der Waals surface area contributed by atoms with E-state index in [1.807, 2.05) is 6.92 Å². The maximum atomic E-state index is 12.1. The second kappa shape index (κ2) is 7.10. The van der Waals surface area contributed by atoms with Gasteiger partial charge in [-0.25, -0.2) is 4.98 Å². The molecule has 0 spiro atoms. The van der Waals surface area contributed by atoms with Gasteiger partial charge in [-0.05, 0) is 31.9 Å². The summed E-state index contributed by atoms with van der Waals surface area (Å²) in [6.07, 6.45) is 5.41. The summed E-state index contributed by atoms with van der Waals surface area (Å²) in [6, 6.07) is 3.61. The van der Waals surface area contributed by atoms with Crippen LogP contribution in [0.2, 0.25) is 5.02 Å². The number of nitrogens with one attached hydrogen (secondary N) is 1. The van der Waals surface area contributed by atoms with Gasteiger partial charge in [0.15, 0.2) is 5.82 Å². The fraction of sp³-hybridized carbons (Fsp3) is 0.438. The lowest BCUT2D eigenvalue weighted by molar-refractivity contribution is 0.0458. The largest absolute Gasteiger partial charge is 0.378 e. The van der Waals surface area contributed by atoms with Gasteiger partial charge in [-0.2, -0.15) is 0 Å². The Bertz CT molecular complexity index is 712. The molecule has 2 aromatic rings. The number of nitrogens with zero attached hydrogens (tertiary/aromatic N) is 3. The summed E-state index contributed by atoms with van der Waals surface area (Å²) in [5.41, 5.74) is 0.481. The maximum Gasteiger partial charge on any atom is 0.272 e. The number of aromatic nitrogens is 3. The van der Waals surface area contributed by atoms with Crippen molar-refractivity contribution in [3.8, 4) is 11.4 Å². The van der Waals surface area contributed by atoms with E-state index in [4.69, 9.17) is 16.3 Å². The van der Waals surface area contributed by atoms with Crippen molar-refractivity contribution in [2.45, 2.75) is 25.9 Å². The first-order valence-corrected chi connectivity index (χ1v) is 8.13. The molecular weight excluding hydrogens is 316 g/mol. The molecule has 122 valence electrons. The number of rotatable bonds is 4. The number of anilines is 1. The molecule has 1 saturated heterocycles. The lowest BCUT2D eigenvalue weighted by atomic mass is 10.1.